The fourth-order valence-corrected chi connectivity index (χ4v) is 2.67. The van der Waals surface area contributed by atoms with E-state index >= 15 is 0 Å². The lowest BCUT2D eigenvalue weighted by molar-refractivity contribution is 0.407. The highest BCUT2D eigenvalue weighted by atomic mass is 79.9. The van der Waals surface area contributed by atoms with Crippen molar-refractivity contribution in [3.63, 3.8) is 0 Å². The van der Waals surface area contributed by atoms with E-state index in [2.05, 4.69) is 28.1 Å². The summed E-state index contributed by atoms with van der Waals surface area (Å²) in [6.45, 7) is 0. The van der Waals surface area contributed by atoms with Gasteiger partial charge in [0.1, 0.15) is 5.75 Å². The van der Waals surface area contributed by atoms with Crippen molar-refractivity contribution in [1.82, 2.24) is 0 Å². The molecule has 0 saturated carbocycles. The zero-order valence-corrected chi connectivity index (χ0v) is 11.7. The summed E-state index contributed by atoms with van der Waals surface area (Å²) < 4.78 is 6.43. The Bertz CT molecular complexity index is 428. The second-order valence-corrected chi connectivity index (χ2v) is 5.30. The molecule has 92 valence electrons. The monoisotopic (exact) mass is 295 g/mol. The van der Waals surface area contributed by atoms with Crippen molar-refractivity contribution in [3.8, 4) is 5.75 Å². The van der Waals surface area contributed by atoms with E-state index in [1.807, 2.05) is 12.1 Å². The summed E-state index contributed by atoms with van der Waals surface area (Å²) in [5, 5.41) is 0. The summed E-state index contributed by atoms with van der Waals surface area (Å²) in [4.78, 5) is 0. The molecule has 0 aromatic heterocycles. The van der Waals surface area contributed by atoms with Crippen LogP contribution in [0.1, 0.15) is 37.3 Å². The average Bonchev–Trinajstić information content (AvgIpc) is 2.39. The molecule has 0 fully saturated rings. The number of allylic oxidation sites excluding steroid dienone is 1. The van der Waals surface area contributed by atoms with Crippen molar-refractivity contribution in [2.45, 2.75) is 31.7 Å². The molecule has 2 nitrogen and oxygen atoms in total. The van der Waals surface area contributed by atoms with Gasteiger partial charge in [0.15, 0.2) is 0 Å². The van der Waals surface area contributed by atoms with Crippen LogP contribution in [0, 0.1) is 0 Å². The molecule has 3 heteroatoms. The lowest BCUT2D eigenvalue weighted by Gasteiger charge is -2.22. The molecule has 2 rings (SSSR count). The van der Waals surface area contributed by atoms with Gasteiger partial charge in [-0.05, 0) is 43.9 Å². The molecule has 1 aliphatic rings. The van der Waals surface area contributed by atoms with Gasteiger partial charge in [0.05, 0.1) is 13.2 Å². The van der Waals surface area contributed by atoms with Crippen molar-refractivity contribution in [1.29, 1.82) is 0 Å². The summed E-state index contributed by atoms with van der Waals surface area (Å²) >= 11 is 3.49. The lowest BCUT2D eigenvalue weighted by Crippen LogP contribution is -2.16. The van der Waals surface area contributed by atoms with Crippen molar-refractivity contribution in [2.75, 3.05) is 7.11 Å². The minimum absolute atomic E-state index is 0.0391. The number of nitrogens with two attached hydrogens (primary N) is 1. The number of hydrogen-bond donors (Lipinski definition) is 1. The van der Waals surface area contributed by atoms with Crippen LogP contribution in [0.4, 0.5) is 0 Å². The van der Waals surface area contributed by atoms with Crippen molar-refractivity contribution < 1.29 is 4.74 Å². The molecule has 0 bridgehead atoms. The highest BCUT2D eigenvalue weighted by Gasteiger charge is 2.17. The fraction of sp³-hybridized carbons (Fsp3) is 0.429. The molecule has 0 heterocycles. The SMILES string of the molecule is COc1ccc(Br)cc1C(N)C1=CCCCC1. The second kappa shape index (κ2) is 5.69. The Hall–Kier alpha value is -0.800. The Balaban J connectivity index is 2.31. The lowest BCUT2D eigenvalue weighted by atomic mass is 9.90. The Kier molecular flexibility index (Phi) is 4.24. The molecule has 1 aliphatic carbocycles. The zero-order chi connectivity index (χ0) is 12.3. The van der Waals surface area contributed by atoms with E-state index in [1.165, 1.54) is 18.4 Å². The van der Waals surface area contributed by atoms with Gasteiger partial charge < -0.3 is 10.5 Å². The molecule has 1 atom stereocenters. The zero-order valence-electron chi connectivity index (χ0n) is 10.1. The van der Waals surface area contributed by atoms with E-state index in [-0.39, 0.29) is 6.04 Å². The summed E-state index contributed by atoms with van der Waals surface area (Å²) in [5.41, 5.74) is 8.75. The first-order valence-corrected chi connectivity index (χ1v) is 6.79. The predicted octanol–water partition coefficient (Wildman–Crippen LogP) is 3.96. The number of methoxy groups -OCH3 is 1. The highest BCUT2D eigenvalue weighted by molar-refractivity contribution is 9.10. The third-order valence-electron chi connectivity index (χ3n) is 3.25. The van der Waals surface area contributed by atoms with Crippen LogP contribution in [-0.2, 0) is 0 Å². The second-order valence-electron chi connectivity index (χ2n) is 4.39. The number of rotatable bonds is 3. The van der Waals surface area contributed by atoms with Crippen molar-refractivity contribution in [3.05, 3.63) is 39.9 Å². The molecule has 0 aliphatic heterocycles. The molecule has 1 aromatic carbocycles. The highest BCUT2D eigenvalue weighted by Crippen LogP contribution is 2.34. The molecule has 0 radical (unpaired) electrons. The van der Waals surface area contributed by atoms with E-state index in [1.54, 1.807) is 7.11 Å². The molecule has 17 heavy (non-hydrogen) atoms. The van der Waals surface area contributed by atoms with Gasteiger partial charge >= 0.3 is 0 Å². The van der Waals surface area contributed by atoms with Crippen LogP contribution < -0.4 is 10.5 Å². The Morgan fingerprint density at radius 3 is 2.82 bits per heavy atom. The Morgan fingerprint density at radius 2 is 2.18 bits per heavy atom. The standard InChI is InChI=1S/C14H18BrNO/c1-17-13-8-7-11(15)9-12(13)14(16)10-5-3-2-4-6-10/h5,7-9,14H,2-4,6,16H2,1H3. The smallest absolute Gasteiger partial charge is 0.124 e. The topological polar surface area (TPSA) is 35.2 Å². The van der Waals surface area contributed by atoms with Gasteiger partial charge in [0.25, 0.3) is 0 Å². The van der Waals surface area contributed by atoms with Crippen LogP contribution in [0.5, 0.6) is 5.75 Å². The van der Waals surface area contributed by atoms with E-state index in [9.17, 15) is 0 Å². The number of halogens is 1. The maximum absolute atomic E-state index is 6.35. The van der Waals surface area contributed by atoms with E-state index in [0.29, 0.717) is 0 Å². The van der Waals surface area contributed by atoms with Crippen LogP contribution in [0.15, 0.2) is 34.3 Å². The fourth-order valence-electron chi connectivity index (χ4n) is 2.29. The van der Waals surface area contributed by atoms with Crippen LogP contribution in [0.2, 0.25) is 0 Å². The van der Waals surface area contributed by atoms with E-state index in [4.69, 9.17) is 10.5 Å². The van der Waals surface area contributed by atoms with Gasteiger partial charge in [0.2, 0.25) is 0 Å². The summed E-state index contributed by atoms with van der Waals surface area (Å²) in [7, 11) is 1.69. The van der Waals surface area contributed by atoms with Crippen LogP contribution in [0.3, 0.4) is 0 Å². The molecular weight excluding hydrogens is 278 g/mol. The predicted molar refractivity (Wildman–Crippen MR) is 74.2 cm³/mol. The molecule has 2 N–H and O–H groups in total. The Morgan fingerprint density at radius 1 is 1.35 bits per heavy atom. The third kappa shape index (κ3) is 2.90. The molecule has 1 aromatic rings. The van der Waals surface area contributed by atoms with E-state index < -0.39 is 0 Å². The van der Waals surface area contributed by atoms with E-state index in [0.717, 1.165) is 28.6 Å². The van der Waals surface area contributed by atoms with Crippen molar-refractivity contribution >= 4 is 15.9 Å². The minimum Gasteiger partial charge on any atom is -0.496 e. The first-order valence-electron chi connectivity index (χ1n) is 6.00. The van der Waals surface area contributed by atoms with Gasteiger partial charge in [0, 0.05) is 10.0 Å². The quantitative estimate of drug-likeness (QED) is 0.857. The summed E-state index contributed by atoms with van der Waals surface area (Å²) in [5.74, 6) is 0.868. The first-order chi connectivity index (χ1) is 8.22. The van der Waals surface area contributed by atoms with Crippen LogP contribution in [-0.4, -0.2) is 7.11 Å². The number of benzene rings is 1. The third-order valence-corrected chi connectivity index (χ3v) is 3.75. The summed E-state index contributed by atoms with van der Waals surface area (Å²) in [6, 6.07) is 5.95. The number of hydrogen-bond acceptors (Lipinski definition) is 2. The Labute approximate surface area is 111 Å². The van der Waals surface area contributed by atoms with Gasteiger partial charge in [-0.2, -0.15) is 0 Å². The maximum Gasteiger partial charge on any atom is 0.124 e. The van der Waals surface area contributed by atoms with Gasteiger partial charge in [-0.1, -0.05) is 27.6 Å². The van der Waals surface area contributed by atoms with Gasteiger partial charge in [-0.15, -0.1) is 0 Å². The molecule has 0 spiro atoms. The van der Waals surface area contributed by atoms with Crippen LogP contribution in [0.25, 0.3) is 0 Å². The molecule has 1 unspecified atom stereocenters. The van der Waals surface area contributed by atoms with Gasteiger partial charge in [-0.3, -0.25) is 0 Å². The largest absolute Gasteiger partial charge is 0.496 e. The maximum atomic E-state index is 6.35. The molecule has 0 amide bonds. The van der Waals surface area contributed by atoms with Crippen molar-refractivity contribution in [2.24, 2.45) is 5.73 Å². The minimum atomic E-state index is -0.0391. The summed E-state index contributed by atoms with van der Waals surface area (Å²) in [6.07, 6.45) is 7.08. The number of ether oxygens (including phenoxy) is 1. The van der Waals surface area contributed by atoms with Crippen LogP contribution >= 0.6 is 15.9 Å². The molecule has 0 saturated heterocycles. The normalized spacial score (nSPS) is 17.5. The average molecular weight is 296 g/mol. The molecular formula is C14H18BrNO. The van der Waals surface area contributed by atoms with Gasteiger partial charge in [-0.25, -0.2) is 0 Å². The first kappa shape index (κ1) is 12.7.